The van der Waals surface area contributed by atoms with E-state index in [9.17, 15) is 4.79 Å². The molecule has 23 heavy (non-hydrogen) atoms. The first-order chi connectivity index (χ1) is 11.2. The van der Waals surface area contributed by atoms with Crippen molar-refractivity contribution in [3.05, 3.63) is 66.9 Å². The number of carbonyl (C=O) groups excluding carboxylic acids is 1. The number of hydrogen-bond donors (Lipinski definition) is 0. The van der Waals surface area contributed by atoms with Gasteiger partial charge in [0.15, 0.2) is 0 Å². The quantitative estimate of drug-likeness (QED) is 0.550. The molecular weight excluding hydrogens is 306 g/mol. The Hall–Kier alpha value is -2.20. The highest BCUT2D eigenvalue weighted by Crippen LogP contribution is 2.34. The Balaban J connectivity index is 2.05. The van der Waals surface area contributed by atoms with E-state index in [1.54, 1.807) is 16.7 Å². The van der Waals surface area contributed by atoms with E-state index in [0.29, 0.717) is 13.1 Å². The van der Waals surface area contributed by atoms with E-state index in [1.807, 2.05) is 56.3 Å². The van der Waals surface area contributed by atoms with E-state index in [1.165, 1.54) is 12.3 Å². The van der Waals surface area contributed by atoms with Gasteiger partial charge in [-0.25, -0.2) is 0 Å². The van der Waals surface area contributed by atoms with Crippen molar-refractivity contribution in [1.82, 2.24) is 4.90 Å². The molecule has 2 rings (SSSR count). The first-order valence-corrected chi connectivity index (χ1v) is 8.50. The molecule has 0 aliphatic heterocycles. The van der Waals surface area contributed by atoms with Crippen LogP contribution >= 0.6 is 11.8 Å². The van der Waals surface area contributed by atoms with Gasteiger partial charge in [0.2, 0.25) is 5.91 Å². The molecule has 0 fully saturated rings. The minimum absolute atomic E-state index is 0.0387. The van der Waals surface area contributed by atoms with Crippen molar-refractivity contribution in [2.75, 3.05) is 13.1 Å². The van der Waals surface area contributed by atoms with Crippen LogP contribution in [0.2, 0.25) is 0 Å². The number of ether oxygens (including phenoxy) is 1. The summed E-state index contributed by atoms with van der Waals surface area (Å²) in [5, 5.41) is 0. The number of para-hydroxylation sites is 1. The molecule has 0 saturated heterocycles. The van der Waals surface area contributed by atoms with Gasteiger partial charge in [0.05, 0.1) is 11.2 Å². The van der Waals surface area contributed by atoms with Gasteiger partial charge in [-0.05, 0) is 38.1 Å². The Morgan fingerprint density at radius 1 is 1.04 bits per heavy atom. The Bertz CT molecular complexity index is 651. The van der Waals surface area contributed by atoms with E-state index in [4.69, 9.17) is 4.74 Å². The molecule has 4 heteroatoms. The van der Waals surface area contributed by atoms with Crippen LogP contribution in [0.3, 0.4) is 0 Å². The van der Waals surface area contributed by atoms with Gasteiger partial charge in [-0.15, -0.1) is 0 Å². The summed E-state index contributed by atoms with van der Waals surface area (Å²) in [5.41, 5.74) is 0. The molecule has 0 aliphatic rings. The lowest BCUT2D eigenvalue weighted by atomic mass is 10.3. The van der Waals surface area contributed by atoms with Crippen LogP contribution in [-0.4, -0.2) is 23.9 Å². The van der Waals surface area contributed by atoms with Crippen LogP contribution in [0.4, 0.5) is 0 Å². The van der Waals surface area contributed by atoms with Gasteiger partial charge in [0.25, 0.3) is 0 Å². The lowest BCUT2D eigenvalue weighted by molar-refractivity contribution is -0.125. The molecular formula is C19H21NO2S. The average molecular weight is 327 g/mol. The van der Waals surface area contributed by atoms with E-state index in [0.717, 1.165) is 15.5 Å². The van der Waals surface area contributed by atoms with Crippen molar-refractivity contribution in [2.45, 2.75) is 23.6 Å². The van der Waals surface area contributed by atoms with Crippen LogP contribution in [0.15, 0.2) is 76.7 Å². The summed E-state index contributed by atoms with van der Waals surface area (Å²) in [6.45, 7) is 5.31. The third-order valence-electron chi connectivity index (χ3n) is 3.30. The molecule has 0 unspecified atom stereocenters. The van der Waals surface area contributed by atoms with Gasteiger partial charge in [0, 0.05) is 24.1 Å². The standard InChI is InChI=1S/C19H21NO2S/c1-3-20(4-2)19(21)14-15-22-17-12-8-9-13-18(17)23-16-10-6-5-7-11-16/h5-15H,3-4H2,1-2H3/b15-14-. The Labute approximate surface area is 142 Å². The molecule has 0 aliphatic carbocycles. The molecule has 1 amide bonds. The van der Waals surface area contributed by atoms with Crippen LogP contribution in [0, 0.1) is 0 Å². The molecule has 2 aromatic carbocycles. The Morgan fingerprint density at radius 3 is 2.39 bits per heavy atom. The third kappa shape index (κ3) is 5.18. The van der Waals surface area contributed by atoms with Gasteiger partial charge < -0.3 is 9.64 Å². The molecule has 2 aromatic rings. The first kappa shape index (κ1) is 17.2. The van der Waals surface area contributed by atoms with Gasteiger partial charge in [0.1, 0.15) is 5.75 Å². The van der Waals surface area contributed by atoms with Crippen molar-refractivity contribution in [2.24, 2.45) is 0 Å². The van der Waals surface area contributed by atoms with Crippen LogP contribution in [-0.2, 0) is 4.79 Å². The second kappa shape index (κ2) is 9.06. The van der Waals surface area contributed by atoms with Crippen LogP contribution in [0.1, 0.15) is 13.8 Å². The van der Waals surface area contributed by atoms with E-state index >= 15 is 0 Å². The van der Waals surface area contributed by atoms with Crippen LogP contribution < -0.4 is 4.74 Å². The second-order valence-electron chi connectivity index (χ2n) is 4.79. The monoisotopic (exact) mass is 327 g/mol. The predicted molar refractivity (Wildman–Crippen MR) is 94.7 cm³/mol. The summed E-state index contributed by atoms with van der Waals surface area (Å²) in [7, 11) is 0. The molecule has 0 aromatic heterocycles. The van der Waals surface area contributed by atoms with Crippen LogP contribution in [0.25, 0.3) is 0 Å². The van der Waals surface area contributed by atoms with E-state index in [2.05, 4.69) is 12.1 Å². The summed E-state index contributed by atoms with van der Waals surface area (Å²) in [6.07, 6.45) is 2.93. The van der Waals surface area contributed by atoms with Crippen molar-refractivity contribution in [3.8, 4) is 5.75 Å². The first-order valence-electron chi connectivity index (χ1n) is 7.68. The number of likely N-dealkylation sites (N-methyl/N-ethyl adjacent to an activating group) is 1. The van der Waals surface area contributed by atoms with Crippen molar-refractivity contribution in [1.29, 1.82) is 0 Å². The molecule has 3 nitrogen and oxygen atoms in total. The normalized spacial score (nSPS) is 10.7. The maximum Gasteiger partial charge on any atom is 0.249 e. The van der Waals surface area contributed by atoms with Gasteiger partial charge in [-0.1, -0.05) is 42.1 Å². The fourth-order valence-corrected chi connectivity index (χ4v) is 2.96. The van der Waals surface area contributed by atoms with Crippen LogP contribution in [0.5, 0.6) is 5.75 Å². The number of hydrogen-bond acceptors (Lipinski definition) is 3. The van der Waals surface area contributed by atoms with E-state index < -0.39 is 0 Å². The predicted octanol–water partition coefficient (Wildman–Crippen LogP) is 4.60. The molecule has 0 bridgehead atoms. The number of rotatable bonds is 7. The zero-order valence-electron chi connectivity index (χ0n) is 13.4. The smallest absolute Gasteiger partial charge is 0.249 e. The Kier molecular flexibility index (Phi) is 6.76. The largest absolute Gasteiger partial charge is 0.464 e. The Morgan fingerprint density at radius 2 is 1.70 bits per heavy atom. The summed E-state index contributed by atoms with van der Waals surface area (Å²) in [5.74, 6) is 0.702. The molecule has 0 heterocycles. The fourth-order valence-electron chi connectivity index (χ4n) is 2.05. The summed E-state index contributed by atoms with van der Waals surface area (Å²) < 4.78 is 5.67. The van der Waals surface area contributed by atoms with Gasteiger partial charge >= 0.3 is 0 Å². The third-order valence-corrected chi connectivity index (χ3v) is 4.37. The highest BCUT2D eigenvalue weighted by Gasteiger charge is 2.06. The lowest BCUT2D eigenvalue weighted by Crippen LogP contribution is -2.28. The summed E-state index contributed by atoms with van der Waals surface area (Å²) >= 11 is 1.63. The average Bonchev–Trinajstić information content (AvgIpc) is 2.58. The maximum absolute atomic E-state index is 11.9. The maximum atomic E-state index is 11.9. The number of amides is 1. The van der Waals surface area contributed by atoms with Crippen molar-refractivity contribution in [3.63, 3.8) is 0 Å². The van der Waals surface area contributed by atoms with Crippen molar-refractivity contribution >= 4 is 17.7 Å². The molecule has 120 valence electrons. The van der Waals surface area contributed by atoms with Gasteiger partial charge in [-0.3, -0.25) is 4.79 Å². The zero-order valence-corrected chi connectivity index (χ0v) is 14.3. The molecule has 0 saturated carbocycles. The fraction of sp³-hybridized carbons (Fsp3) is 0.211. The highest BCUT2D eigenvalue weighted by molar-refractivity contribution is 7.99. The van der Waals surface area contributed by atoms with E-state index in [-0.39, 0.29) is 5.91 Å². The lowest BCUT2D eigenvalue weighted by Gasteiger charge is -2.15. The number of benzene rings is 2. The number of nitrogens with zero attached hydrogens (tertiary/aromatic N) is 1. The topological polar surface area (TPSA) is 29.5 Å². The highest BCUT2D eigenvalue weighted by atomic mass is 32.2. The molecule has 0 radical (unpaired) electrons. The molecule has 0 atom stereocenters. The van der Waals surface area contributed by atoms with Crippen molar-refractivity contribution < 1.29 is 9.53 Å². The summed E-state index contributed by atoms with van der Waals surface area (Å²) in [4.78, 5) is 15.8. The second-order valence-corrected chi connectivity index (χ2v) is 5.91. The zero-order chi connectivity index (χ0) is 16.5. The minimum atomic E-state index is -0.0387. The number of carbonyl (C=O) groups is 1. The minimum Gasteiger partial charge on any atom is -0.464 e. The molecule has 0 spiro atoms. The summed E-state index contributed by atoms with van der Waals surface area (Å²) in [6, 6.07) is 17.9. The SMILES string of the molecule is CCN(CC)C(=O)/C=C\Oc1ccccc1Sc1ccccc1. The van der Waals surface area contributed by atoms with Gasteiger partial charge in [-0.2, -0.15) is 0 Å². The molecule has 0 N–H and O–H groups in total.